The smallest absolute Gasteiger partial charge is 0.340 e. The molecule has 0 unspecified atom stereocenters. The molecule has 0 aromatic carbocycles. The van der Waals surface area contributed by atoms with E-state index in [1.54, 1.807) is 6.92 Å². The fraction of sp³-hybridized carbons (Fsp3) is 0.100. The van der Waals surface area contributed by atoms with Crippen LogP contribution >= 0.6 is 23.2 Å². The number of sulfonamides is 1. The van der Waals surface area contributed by atoms with Crippen LogP contribution in [0.4, 0.5) is 5.69 Å². The molecule has 0 aliphatic carbocycles. The number of aromatic nitrogens is 3. The highest BCUT2D eigenvalue weighted by Gasteiger charge is 2.26. The highest BCUT2D eigenvalue weighted by Crippen LogP contribution is 2.28. The van der Waals surface area contributed by atoms with E-state index in [2.05, 4.69) is 19.9 Å². The van der Waals surface area contributed by atoms with Gasteiger partial charge < -0.3 is 5.11 Å². The molecule has 2 rings (SSSR count). The van der Waals surface area contributed by atoms with E-state index in [4.69, 9.17) is 28.3 Å². The Bertz CT molecular complexity index is 795. The molecule has 0 radical (unpaired) electrons. The van der Waals surface area contributed by atoms with E-state index in [1.165, 1.54) is 6.07 Å². The lowest BCUT2D eigenvalue weighted by Gasteiger charge is -2.11. The highest BCUT2D eigenvalue weighted by atomic mass is 35.5. The standard InChI is InChI=1S/C10H8Cl2N4O4S/c1-4-2-6(11)14-8(12)7(4)16-21(19,20)9-5(10(17)18)3-13-15-9/h2-3,16H,1H3,(H,13,15)(H,17,18). The molecule has 2 heterocycles. The minimum absolute atomic E-state index is 0.00649. The summed E-state index contributed by atoms with van der Waals surface area (Å²) in [5, 5.41) is 13.8. The van der Waals surface area contributed by atoms with E-state index in [0.717, 1.165) is 6.20 Å². The Morgan fingerprint density at radius 1 is 1.43 bits per heavy atom. The number of hydrogen-bond acceptors (Lipinski definition) is 5. The van der Waals surface area contributed by atoms with Crippen LogP contribution in [0, 0.1) is 6.92 Å². The van der Waals surface area contributed by atoms with Gasteiger partial charge >= 0.3 is 5.97 Å². The van der Waals surface area contributed by atoms with Gasteiger partial charge in [-0.3, -0.25) is 9.82 Å². The summed E-state index contributed by atoms with van der Waals surface area (Å²) < 4.78 is 26.6. The first-order valence-electron chi connectivity index (χ1n) is 5.34. The van der Waals surface area contributed by atoms with Crippen LogP contribution in [0.2, 0.25) is 10.3 Å². The van der Waals surface area contributed by atoms with E-state index in [1.807, 2.05) is 0 Å². The Labute approximate surface area is 129 Å². The zero-order valence-electron chi connectivity index (χ0n) is 10.4. The maximum Gasteiger partial charge on any atom is 0.340 e. The van der Waals surface area contributed by atoms with Crippen molar-refractivity contribution in [2.24, 2.45) is 0 Å². The molecule has 0 aliphatic rings. The van der Waals surface area contributed by atoms with Gasteiger partial charge in [0.1, 0.15) is 10.7 Å². The zero-order chi connectivity index (χ0) is 15.8. The van der Waals surface area contributed by atoms with Crippen molar-refractivity contribution in [3.8, 4) is 0 Å². The molecule has 0 fully saturated rings. The van der Waals surface area contributed by atoms with Gasteiger partial charge in [-0.1, -0.05) is 23.2 Å². The monoisotopic (exact) mass is 350 g/mol. The van der Waals surface area contributed by atoms with Gasteiger partial charge in [0, 0.05) is 0 Å². The second-order valence-electron chi connectivity index (χ2n) is 3.95. The maximum absolute atomic E-state index is 12.2. The van der Waals surface area contributed by atoms with Crippen LogP contribution < -0.4 is 4.72 Å². The van der Waals surface area contributed by atoms with Crippen LogP contribution in [0.5, 0.6) is 0 Å². The number of carboxylic acids is 1. The first-order valence-corrected chi connectivity index (χ1v) is 7.58. The highest BCUT2D eigenvalue weighted by molar-refractivity contribution is 7.92. The van der Waals surface area contributed by atoms with Gasteiger partial charge in [0.05, 0.1) is 11.9 Å². The molecule has 0 amide bonds. The molecule has 0 saturated heterocycles. The largest absolute Gasteiger partial charge is 0.478 e. The van der Waals surface area contributed by atoms with Crippen molar-refractivity contribution in [2.45, 2.75) is 11.9 Å². The number of rotatable bonds is 4. The zero-order valence-corrected chi connectivity index (χ0v) is 12.7. The van der Waals surface area contributed by atoms with Gasteiger partial charge in [-0.05, 0) is 18.6 Å². The van der Waals surface area contributed by atoms with Crippen molar-refractivity contribution in [1.29, 1.82) is 0 Å². The quantitative estimate of drug-likeness (QED) is 0.723. The maximum atomic E-state index is 12.2. The van der Waals surface area contributed by atoms with Gasteiger partial charge in [0.2, 0.25) is 0 Å². The van der Waals surface area contributed by atoms with E-state index in [-0.39, 0.29) is 16.0 Å². The van der Waals surface area contributed by atoms with Gasteiger partial charge in [0.25, 0.3) is 10.0 Å². The second kappa shape index (κ2) is 5.51. The fourth-order valence-electron chi connectivity index (χ4n) is 1.53. The number of pyridine rings is 1. The van der Waals surface area contributed by atoms with E-state index in [0.29, 0.717) is 5.56 Å². The molecule has 8 nitrogen and oxygen atoms in total. The third-order valence-corrected chi connectivity index (χ3v) is 4.27. The van der Waals surface area contributed by atoms with E-state index < -0.39 is 26.6 Å². The first kappa shape index (κ1) is 15.5. The summed E-state index contributed by atoms with van der Waals surface area (Å²) in [6, 6.07) is 1.41. The lowest BCUT2D eigenvalue weighted by Crippen LogP contribution is -2.17. The Kier molecular flexibility index (Phi) is 4.08. The van der Waals surface area contributed by atoms with E-state index in [9.17, 15) is 13.2 Å². The SMILES string of the molecule is Cc1cc(Cl)nc(Cl)c1NS(=O)(=O)c1[nH]ncc1C(=O)O. The number of aryl methyl sites for hydroxylation is 1. The molecule has 2 aromatic heterocycles. The number of nitrogens with zero attached hydrogens (tertiary/aromatic N) is 2. The molecule has 0 aliphatic heterocycles. The van der Waals surface area contributed by atoms with Crippen LogP contribution in [0.15, 0.2) is 17.3 Å². The molecular weight excluding hydrogens is 343 g/mol. The minimum atomic E-state index is -4.22. The summed E-state index contributed by atoms with van der Waals surface area (Å²) >= 11 is 11.5. The molecule has 0 atom stereocenters. The third kappa shape index (κ3) is 3.09. The normalized spacial score (nSPS) is 11.4. The van der Waals surface area contributed by atoms with Gasteiger partial charge in [0.15, 0.2) is 10.2 Å². The third-order valence-electron chi connectivity index (χ3n) is 2.48. The number of nitrogens with one attached hydrogen (secondary N) is 2. The Hall–Kier alpha value is -1.84. The molecule has 21 heavy (non-hydrogen) atoms. The number of carboxylic acid groups (broad SMARTS) is 1. The summed E-state index contributed by atoms with van der Waals surface area (Å²) in [4.78, 5) is 14.7. The molecule has 3 N–H and O–H groups in total. The molecule has 11 heteroatoms. The first-order chi connectivity index (χ1) is 9.72. The average Bonchev–Trinajstić information content (AvgIpc) is 2.83. The molecule has 112 valence electrons. The van der Waals surface area contributed by atoms with Crippen molar-refractivity contribution >= 4 is 44.9 Å². The molecule has 2 aromatic rings. The number of carbonyl (C=O) groups is 1. The van der Waals surface area contributed by atoms with Crippen molar-refractivity contribution in [2.75, 3.05) is 4.72 Å². The Morgan fingerprint density at radius 2 is 2.10 bits per heavy atom. The molecule has 0 bridgehead atoms. The summed E-state index contributed by atoms with van der Waals surface area (Å²) in [5.41, 5.74) is -0.0508. The topological polar surface area (TPSA) is 125 Å². The van der Waals surface area contributed by atoms with Gasteiger partial charge in [-0.2, -0.15) is 13.5 Å². The van der Waals surface area contributed by atoms with Crippen molar-refractivity contribution in [3.05, 3.63) is 33.7 Å². The second-order valence-corrected chi connectivity index (χ2v) is 6.32. The summed E-state index contributed by atoms with van der Waals surface area (Å²) in [5.74, 6) is -1.43. The van der Waals surface area contributed by atoms with Crippen LogP contribution in [-0.2, 0) is 10.0 Å². The van der Waals surface area contributed by atoms with Crippen LogP contribution in [0.25, 0.3) is 0 Å². The molecular formula is C10H8Cl2N4O4S. The predicted octanol–water partition coefficient (Wildman–Crippen LogP) is 1.92. The lowest BCUT2D eigenvalue weighted by molar-refractivity contribution is 0.0692. The number of aromatic amines is 1. The van der Waals surface area contributed by atoms with Crippen LogP contribution in [-0.4, -0.2) is 34.7 Å². The predicted molar refractivity (Wildman–Crippen MR) is 75.3 cm³/mol. The minimum Gasteiger partial charge on any atom is -0.478 e. The fourth-order valence-corrected chi connectivity index (χ4v) is 3.40. The van der Waals surface area contributed by atoms with E-state index >= 15 is 0 Å². The average molecular weight is 351 g/mol. The number of hydrogen-bond donors (Lipinski definition) is 3. The van der Waals surface area contributed by atoms with Crippen molar-refractivity contribution < 1.29 is 18.3 Å². The summed E-state index contributed by atoms with van der Waals surface area (Å²) in [7, 11) is -4.22. The number of halogens is 2. The summed E-state index contributed by atoms with van der Waals surface area (Å²) in [6.07, 6.45) is 0.894. The Balaban J connectivity index is 2.48. The van der Waals surface area contributed by atoms with Crippen LogP contribution in [0.3, 0.4) is 0 Å². The Morgan fingerprint density at radius 3 is 2.67 bits per heavy atom. The summed E-state index contributed by atoms with van der Waals surface area (Å²) in [6.45, 7) is 1.57. The number of H-pyrrole nitrogens is 1. The van der Waals surface area contributed by atoms with Crippen molar-refractivity contribution in [3.63, 3.8) is 0 Å². The number of anilines is 1. The number of aromatic carboxylic acids is 1. The van der Waals surface area contributed by atoms with Gasteiger partial charge in [-0.25, -0.2) is 9.78 Å². The van der Waals surface area contributed by atoms with Gasteiger partial charge in [-0.15, -0.1) is 0 Å². The molecule has 0 spiro atoms. The lowest BCUT2D eigenvalue weighted by atomic mass is 10.3. The molecule has 0 saturated carbocycles. The van der Waals surface area contributed by atoms with Crippen LogP contribution in [0.1, 0.15) is 15.9 Å². The van der Waals surface area contributed by atoms with Crippen molar-refractivity contribution in [1.82, 2.24) is 15.2 Å².